The maximum absolute atomic E-state index is 13.1. The van der Waals surface area contributed by atoms with Crippen molar-refractivity contribution in [1.82, 2.24) is 9.97 Å². The Morgan fingerprint density at radius 3 is 2.62 bits per heavy atom. The molecule has 0 radical (unpaired) electrons. The minimum absolute atomic E-state index is 0.236. The van der Waals surface area contributed by atoms with Crippen molar-refractivity contribution < 1.29 is 4.39 Å². The van der Waals surface area contributed by atoms with E-state index in [1.165, 1.54) is 25.0 Å². The summed E-state index contributed by atoms with van der Waals surface area (Å²) in [5.41, 5.74) is 4.78. The first-order valence-electron chi connectivity index (χ1n) is 7.16. The average Bonchev–Trinajstić information content (AvgIpc) is 3.26. The van der Waals surface area contributed by atoms with Gasteiger partial charge in [0.05, 0.1) is 11.0 Å². The number of fused-ring (bicyclic) bond motifs is 1. The van der Waals surface area contributed by atoms with Crippen LogP contribution < -0.4 is 0 Å². The number of rotatable bonds is 3. The average molecular weight is 278 g/mol. The number of para-hydroxylation sites is 1. The number of H-pyrrole nitrogens is 1. The molecule has 0 aliphatic heterocycles. The van der Waals surface area contributed by atoms with Crippen LogP contribution in [-0.2, 0) is 0 Å². The maximum Gasteiger partial charge on any atom is 0.123 e. The van der Waals surface area contributed by atoms with Gasteiger partial charge in [-0.2, -0.15) is 0 Å². The predicted octanol–water partition coefficient (Wildman–Crippen LogP) is 4.64. The Kier molecular flexibility index (Phi) is 2.67. The molecular formula is C18H15FN2. The van der Waals surface area contributed by atoms with E-state index in [0.29, 0.717) is 5.92 Å². The van der Waals surface area contributed by atoms with Crippen LogP contribution in [0.5, 0.6) is 0 Å². The number of halogens is 1. The van der Waals surface area contributed by atoms with Gasteiger partial charge in [-0.3, -0.25) is 0 Å². The molecule has 0 amide bonds. The van der Waals surface area contributed by atoms with Crippen molar-refractivity contribution in [3.63, 3.8) is 0 Å². The van der Waals surface area contributed by atoms with Gasteiger partial charge in [-0.1, -0.05) is 30.8 Å². The first-order valence-corrected chi connectivity index (χ1v) is 7.16. The van der Waals surface area contributed by atoms with E-state index in [4.69, 9.17) is 4.98 Å². The molecule has 3 heteroatoms. The van der Waals surface area contributed by atoms with Gasteiger partial charge < -0.3 is 4.98 Å². The minimum atomic E-state index is -0.236. The number of aromatic amines is 1. The van der Waals surface area contributed by atoms with Gasteiger partial charge in [0.1, 0.15) is 11.6 Å². The Hall–Kier alpha value is -2.42. The number of benzene rings is 2. The summed E-state index contributed by atoms with van der Waals surface area (Å²) in [7, 11) is 0. The number of nitrogens with one attached hydrogen (secondary N) is 1. The van der Waals surface area contributed by atoms with Gasteiger partial charge in [0, 0.05) is 11.5 Å². The molecule has 1 aliphatic rings. The Labute approximate surface area is 122 Å². The third-order valence-electron chi connectivity index (χ3n) is 4.01. The third-order valence-corrected chi connectivity index (χ3v) is 4.01. The van der Waals surface area contributed by atoms with E-state index < -0.39 is 0 Å². The summed E-state index contributed by atoms with van der Waals surface area (Å²) in [6.07, 6.45) is 2.43. The molecule has 1 N–H and O–H groups in total. The van der Waals surface area contributed by atoms with Crippen molar-refractivity contribution in [2.24, 2.45) is 0 Å². The van der Waals surface area contributed by atoms with Crippen molar-refractivity contribution in [1.29, 1.82) is 0 Å². The highest BCUT2D eigenvalue weighted by Crippen LogP contribution is 2.39. The lowest BCUT2D eigenvalue weighted by Gasteiger charge is -2.07. The first-order chi connectivity index (χ1) is 10.2. The summed E-state index contributed by atoms with van der Waals surface area (Å²) in [6, 6.07) is 12.5. The molecule has 104 valence electrons. The second-order valence-corrected chi connectivity index (χ2v) is 5.58. The molecule has 2 nitrogen and oxygen atoms in total. The largest absolute Gasteiger partial charge is 0.342 e. The standard InChI is InChI=1S/C18H15FN2/c1-11(12-7-9-14(19)10-8-12)15-3-2-4-16-17(15)21-18(20-16)13-5-6-13/h2-4,7-10,13H,1,5-6H2,(H,20,21). The van der Waals surface area contributed by atoms with Crippen molar-refractivity contribution in [2.45, 2.75) is 18.8 Å². The molecule has 0 atom stereocenters. The van der Waals surface area contributed by atoms with Gasteiger partial charge in [0.25, 0.3) is 0 Å². The third kappa shape index (κ3) is 2.15. The predicted molar refractivity (Wildman–Crippen MR) is 82.6 cm³/mol. The quantitative estimate of drug-likeness (QED) is 0.742. The maximum atomic E-state index is 13.1. The fraction of sp³-hybridized carbons (Fsp3) is 0.167. The molecule has 4 rings (SSSR count). The molecule has 0 saturated heterocycles. The van der Waals surface area contributed by atoms with Gasteiger partial charge >= 0.3 is 0 Å². The molecule has 21 heavy (non-hydrogen) atoms. The Morgan fingerprint density at radius 1 is 1.14 bits per heavy atom. The Bertz CT molecular complexity index is 826. The number of hydrogen-bond donors (Lipinski definition) is 1. The lowest BCUT2D eigenvalue weighted by molar-refractivity contribution is 0.627. The van der Waals surface area contributed by atoms with Crippen LogP contribution in [0, 0.1) is 5.82 Å². The molecule has 1 heterocycles. The van der Waals surface area contributed by atoms with Gasteiger partial charge in [-0.25, -0.2) is 9.37 Å². The second-order valence-electron chi connectivity index (χ2n) is 5.58. The van der Waals surface area contributed by atoms with Crippen molar-refractivity contribution in [3.05, 3.63) is 71.8 Å². The van der Waals surface area contributed by atoms with Crippen molar-refractivity contribution >= 4 is 16.6 Å². The van der Waals surface area contributed by atoms with E-state index in [9.17, 15) is 4.39 Å². The van der Waals surface area contributed by atoms with Crippen LogP contribution >= 0.6 is 0 Å². The number of nitrogens with zero attached hydrogens (tertiary/aromatic N) is 1. The van der Waals surface area contributed by atoms with Crippen LogP contribution in [0.25, 0.3) is 16.6 Å². The summed E-state index contributed by atoms with van der Waals surface area (Å²) in [5, 5.41) is 0. The smallest absolute Gasteiger partial charge is 0.123 e. The van der Waals surface area contributed by atoms with Crippen LogP contribution in [0.3, 0.4) is 0 Å². The molecule has 1 aromatic heterocycles. The van der Waals surface area contributed by atoms with Gasteiger partial charge in [-0.05, 0) is 42.2 Å². The normalized spacial score (nSPS) is 14.5. The van der Waals surface area contributed by atoms with Gasteiger partial charge in [0.15, 0.2) is 0 Å². The summed E-state index contributed by atoms with van der Waals surface area (Å²) in [6.45, 7) is 4.17. The zero-order valence-corrected chi connectivity index (χ0v) is 11.6. The van der Waals surface area contributed by atoms with Crippen molar-refractivity contribution in [2.75, 3.05) is 0 Å². The van der Waals surface area contributed by atoms with E-state index in [1.807, 2.05) is 18.2 Å². The lowest BCUT2D eigenvalue weighted by atomic mass is 9.98. The van der Waals surface area contributed by atoms with Crippen LogP contribution in [0.2, 0.25) is 0 Å². The SMILES string of the molecule is C=C(c1ccc(F)cc1)c1cccc2[nH]c(C3CC3)nc12. The van der Waals surface area contributed by atoms with Crippen LogP contribution in [0.15, 0.2) is 49.0 Å². The van der Waals surface area contributed by atoms with E-state index >= 15 is 0 Å². The second kappa shape index (κ2) is 4.55. The molecule has 3 aromatic rings. The lowest BCUT2D eigenvalue weighted by Crippen LogP contribution is -1.89. The molecule has 1 fully saturated rings. The summed E-state index contributed by atoms with van der Waals surface area (Å²) < 4.78 is 13.1. The molecule has 0 bridgehead atoms. The summed E-state index contributed by atoms with van der Waals surface area (Å²) >= 11 is 0. The number of imidazole rings is 1. The Morgan fingerprint density at radius 2 is 1.90 bits per heavy atom. The highest BCUT2D eigenvalue weighted by atomic mass is 19.1. The molecule has 1 aliphatic carbocycles. The fourth-order valence-electron chi connectivity index (χ4n) is 2.65. The van der Waals surface area contributed by atoms with Gasteiger partial charge in [0.2, 0.25) is 0 Å². The van der Waals surface area contributed by atoms with E-state index in [0.717, 1.165) is 33.6 Å². The zero-order valence-electron chi connectivity index (χ0n) is 11.6. The van der Waals surface area contributed by atoms with E-state index in [1.54, 1.807) is 12.1 Å². The fourth-order valence-corrected chi connectivity index (χ4v) is 2.65. The highest BCUT2D eigenvalue weighted by Gasteiger charge is 2.27. The molecule has 1 saturated carbocycles. The van der Waals surface area contributed by atoms with Crippen LogP contribution in [0.4, 0.5) is 4.39 Å². The zero-order chi connectivity index (χ0) is 14.4. The monoisotopic (exact) mass is 278 g/mol. The van der Waals surface area contributed by atoms with Crippen LogP contribution in [0.1, 0.15) is 35.7 Å². The summed E-state index contributed by atoms with van der Waals surface area (Å²) in [4.78, 5) is 8.15. The van der Waals surface area contributed by atoms with E-state index in [2.05, 4.69) is 11.6 Å². The summed E-state index contributed by atoms with van der Waals surface area (Å²) in [5.74, 6) is 1.43. The highest BCUT2D eigenvalue weighted by molar-refractivity contribution is 5.93. The topological polar surface area (TPSA) is 28.7 Å². The van der Waals surface area contributed by atoms with Crippen LogP contribution in [-0.4, -0.2) is 9.97 Å². The van der Waals surface area contributed by atoms with Crippen molar-refractivity contribution in [3.8, 4) is 0 Å². The molecule has 0 unspecified atom stereocenters. The number of aromatic nitrogens is 2. The first kappa shape index (κ1) is 12.3. The number of hydrogen-bond acceptors (Lipinski definition) is 1. The molecule has 2 aromatic carbocycles. The molecular weight excluding hydrogens is 263 g/mol. The molecule has 0 spiro atoms. The van der Waals surface area contributed by atoms with Gasteiger partial charge in [-0.15, -0.1) is 0 Å². The Balaban J connectivity index is 1.81. The van der Waals surface area contributed by atoms with E-state index in [-0.39, 0.29) is 5.82 Å². The minimum Gasteiger partial charge on any atom is -0.342 e.